The first-order valence-electron chi connectivity index (χ1n) is 10.0. The fourth-order valence-electron chi connectivity index (χ4n) is 3.40. The Bertz CT molecular complexity index is 1090. The third-order valence-corrected chi connectivity index (χ3v) is 5.10. The number of likely N-dealkylation sites (tertiary alicyclic amines) is 1. The van der Waals surface area contributed by atoms with Crippen LogP contribution in [0.5, 0.6) is 0 Å². The number of piperidine rings is 1. The van der Waals surface area contributed by atoms with Crippen LogP contribution in [0.1, 0.15) is 18.4 Å². The highest BCUT2D eigenvalue weighted by atomic mass is 16.6. The summed E-state index contributed by atoms with van der Waals surface area (Å²) in [6, 6.07) is 6.71. The van der Waals surface area contributed by atoms with Crippen molar-refractivity contribution in [3.63, 3.8) is 0 Å². The Hall–Kier alpha value is -3.82. The molecule has 1 aliphatic rings. The number of ether oxygens (including phenoxy) is 1. The van der Waals surface area contributed by atoms with Crippen LogP contribution < -0.4 is 10.9 Å². The molecular formula is C21H23N7O3. The van der Waals surface area contributed by atoms with Crippen molar-refractivity contribution in [1.29, 1.82) is 0 Å². The molecule has 0 saturated carbocycles. The van der Waals surface area contributed by atoms with Crippen molar-refractivity contribution < 1.29 is 9.53 Å². The second-order valence-corrected chi connectivity index (χ2v) is 7.30. The fraction of sp³-hybridized carbons (Fsp3) is 0.333. The molecule has 0 bridgehead atoms. The Morgan fingerprint density at radius 3 is 2.77 bits per heavy atom. The lowest BCUT2D eigenvalue weighted by molar-refractivity contribution is 0.0874. The maximum atomic E-state index is 12.5. The van der Waals surface area contributed by atoms with Crippen molar-refractivity contribution in [1.82, 2.24) is 29.4 Å². The van der Waals surface area contributed by atoms with Gasteiger partial charge >= 0.3 is 6.09 Å². The van der Waals surface area contributed by atoms with Gasteiger partial charge < -0.3 is 15.0 Å². The van der Waals surface area contributed by atoms with Gasteiger partial charge in [0.1, 0.15) is 12.9 Å². The first-order valence-corrected chi connectivity index (χ1v) is 10.0. The number of carbonyl (C=O) groups excluding carboxylic acids is 1. The number of hydrogen-bond acceptors (Lipinski definition) is 8. The summed E-state index contributed by atoms with van der Waals surface area (Å²) in [5, 5.41) is 3.31. The number of carbonyl (C=O) groups is 1. The summed E-state index contributed by atoms with van der Waals surface area (Å²) in [5.74, 6) is 0.429. The lowest BCUT2D eigenvalue weighted by Crippen LogP contribution is -2.46. The standard InChI is InChI=1S/C21H23N7O3/c1-27-19(29)11-18(17-6-9-23-14-24-17)26-20(27)25-16-3-2-10-28(12-16)21(30)31-13-15-4-7-22-8-5-15/h4-9,11,14,16H,2-3,10,12-13H2,1H3,(H,25,26)/t16-/m1/s1. The van der Waals surface area contributed by atoms with Crippen LogP contribution in [0.4, 0.5) is 10.7 Å². The van der Waals surface area contributed by atoms with E-state index < -0.39 is 0 Å². The van der Waals surface area contributed by atoms with E-state index in [1.165, 1.54) is 17.0 Å². The summed E-state index contributed by atoms with van der Waals surface area (Å²) in [7, 11) is 1.66. The molecule has 4 heterocycles. The molecule has 4 rings (SSSR count). The molecule has 1 fully saturated rings. The monoisotopic (exact) mass is 421 g/mol. The number of pyridine rings is 1. The number of hydrogen-bond donors (Lipinski definition) is 1. The highest BCUT2D eigenvalue weighted by molar-refractivity contribution is 5.68. The maximum Gasteiger partial charge on any atom is 0.410 e. The highest BCUT2D eigenvalue weighted by Gasteiger charge is 2.25. The van der Waals surface area contributed by atoms with Gasteiger partial charge in [-0.2, -0.15) is 0 Å². The van der Waals surface area contributed by atoms with Gasteiger partial charge in [-0.05, 0) is 36.6 Å². The number of aromatic nitrogens is 5. The third-order valence-electron chi connectivity index (χ3n) is 5.10. The van der Waals surface area contributed by atoms with Crippen LogP contribution in [0.15, 0.2) is 54.0 Å². The molecule has 0 aromatic carbocycles. The predicted octanol–water partition coefficient (Wildman–Crippen LogP) is 1.85. The molecule has 0 unspecified atom stereocenters. The van der Waals surface area contributed by atoms with Crippen molar-refractivity contribution in [3.05, 3.63) is 65.1 Å². The minimum Gasteiger partial charge on any atom is -0.445 e. The van der Waals surface area contributed by atoms with E-state index in [0.29, 0.717) is 30.4 Å². The Morgan fingerprint density at radius 2 is 2.00 bits per heavy atom. The highest BCUT2D eigenvalue weighted by Crippen LogP contribution is 2.18. The molecule has 0 radical (unpaired) electrons. The molecule has 1 N–H and O–H groups in total. The van der Waals surface area contributed by atoms with Gasteiger partial charge in [-0.25, -0.2) is 19.7 Å². The Balaban J connectivity index is 1.43. The maximum absolute atomic E-state index is 12.5. The molecule has 3 aromatic rings. The quantitative estimate of drug-likeness (QED) is 0.664. The van der Waals surface area contributed by atoms with E-state index in [-0.39, 0.29) is 24.3 Å². The molecule has 3 aromatic heterocycles. The molecule has 1 amide bonds. The van der Waals surface area contributed by atoms with Crippen molar-refractivity contribution in [2.75, 3.05) is 18.4 Å². The Kier molecular flexibility index (Phi) is 6.16. The van der Waals surface area contributed by atoms with E-state index in [4.69, 9.17) is 4.74 Å². The van der Waals surface area contributed by atoms with Crippen LogP contribution in [0.3, 0.4) is 0 Å². The summed E-state index contributed by atoms with van der Waals surface area (Å²) in [4.78, 5) is 43.2. The Labute approximate surface area is 179 Å². The van der Waals surface area contributed by atoms with E-state index in [2.05, 4.69) is 25.3 Å². The number of amides is 1. The van der Waals surface area contributed by atoms with Gasteiger partial charge in [0.2, 0.25) is 5.95 Å². The van der Waals surface area contributed by atoms with Crippen molar-refractivity contribution in [2.45, 2.75) is 25.5 Å². The summed E-state index contributed by atoms with van der Waals surface area (Å²) < 4.78 is 6.88. The van der Waals surface area contributed by atoms with Gasteiger partial charge in [-0.15, -0.1) is 0 Å². The van der Waals surface area contributed by atoms with Gasteiger partial charge in [0, 0.05) is 50.8 Å². The molecule has 1 saturated heterocycles. The summed E-state index contributed by atoms with van der Waals surface area (Å²) >= 11 is 0. The molecular weight excluding hydrogens is 398 g/mol. The number of anilines is 1. The van der Waals surface area contributed by atoms with E-state index in [0.717, 1.165) is 18.4 Å². The van der Waals surface area contributed by atoms with Crippen LogP contribution in [0.25, 0.3) is 11.4 Å². The van der Waals surface area contributed by atoms with Crippen molar-refractivity contribution >= 4 is 12.0 Å². The van der Waals surface area contributed by atoms with Crippen LogP contribution in [-0.4, -0.2) is 54.6 Å². The second kappa shape index (κ2) is 9.33. The fourth-order valence-corrected chi connectivity index (χ4v) is 3.40. The average molecular weight is 421 g/mol. The van der Waals surface area contributed by atoms with Gasteiger partial charge in [-0.1, -0.05) is 0 Å². The van der Waals surface area contributed by atoms with Crippen LogP contribution in [-0.2, 0) is 18.4 Å². The molecule has 0 aliphatic carbocycles. The molecule has 0 spiro atoms. The smallest absolute Gasteiger partial charge is 0.410 e. The van der Waals surface area contributed by atoms with Crippen molar-refractivity contribution in [3.8, 4) is 11.4 Å². The molecule has 10 nitrogen and oxygen atoms in total. The van der Waals surface area contributed by atoms with Crippen LogP contribution >= 0.6 is 0 Å². The molecule has 10 heteroatoms. The van der Waals surface area contributed by atoms with Gasteiger partial charge in [0.25, 0.3) is 5.56 Å². The van der Waals surface area contributed by atoms with E-state index in [1.807, 2.05) is 12.1 Å². The largest absolute Gasteiger partial charge is 0.445 e. The zero-order valence-corrected chi connectivity index (χ0v) is 17.1. The number of nitrogens with zero attached hydrogens (tertiary/aromatic N) is 6. The zero-order chi connectivity index (χ0) is 21.6. The van der Waals surface area contributed by atoms with E-state index >= 15 is 0 Å². The minimum absolute atomic E-state index is 0.0547. The van der Waals surface area contributed by atoms with Gasteiger partial charge in [0.15, 0.2) is 0 Å². The molecule has 160 valence electrons. The first-order chi connectivity index (χ1) is 15.1. The molecule has 1 atom stereocenters. The second-order valence-electron chi connectivity index (χ2n) is 7.30. The lowest BCUT2D eigenvalue weighted by Gasteiger charge is -2.33. The predicted molar refractivity (Wildman–Crippen MR) is 113 cm³/mol. The normalized spacial score (nSPS) is 16.0. The average Bonchev–Trinajstić information content (AvgIpc) is 2.82. The SMILES string of the molecule is Cn1c(N[C@@H]2CCCN(C(=O)OCc3ccncc3)C2)nc(-c2ccncn2)cc1=O. The number of nitrogens with one attached hydrogen (secondary N) is 1. The Morgan fingerprint density at radius 1 is 1.19 bits per heavy atom. The summed E-state index contributed by atoms with van der Waals surface area (Å²) in [6.07, 6.45) is 7.65. The summed E-state index contributed by atoms with van der Waals surface area (Å²) in [5.41, 5.74) is 1.73. The topological polar surface area (TPSA) is 115 Å². The van der Waals surface area contributed by atoms with E-state index in [1.54, 1.807) is 36.6 Å². The molecule has 1 aliphatic heterocycles. The summed E-state index contributed by atoms with van der Waals surface area (Å²) in [6.45, 7) is 1.29. The van der Waals surface area contributed by atoms with E-state index in [9.17, 15) is 9.59 Å². The van der Waals surface area contributed by atoms with Crippen LogP contribution in [0.2, 0.25) is 0 Å². The molecule has 31 heavy (non-hydrogen) atoms. The number of rotatable bonds is 5. The van der Waals surface area contributed by atoms with Crippen LogP contribution in [0, 0.1) is 0 Å². The lowest BCUT2D eigenvalue weighted by atomic mass is 10.1. The third kappa shape index (κ3) is 5.03. The minimum atomic E-state index is -0.361. The zero-order valence-electron chi connectivity index (χ0n) is 17.1. The first kappa shape index (κ1) is 20.5. The van der Waals surface area contributed by atoms with Crippen molar-refractivity contribution in [2.24, 2.45) is 7.05 Å². The van der Waals surface area contributed by atoms with Gasteiger partial charge in [-0.3, -0.25) is 14.3 Å². The van der Waals surface area contributed by atoms with Gasteiger partial charge in [0.05, 0.1) is 11.4 Å².